The number of thiazole rings is 1. The van der Waals surface area contributed by atoms with Crippen molar-refractivity contribution in [2.75, 3.05) is 46.5 Å². The van der Waals surface area contributed by atoms with Crippen molar-refractivity contribution < 1.29 is 27.5 Å². The third-order valence-corrected chi connectivity index (χ3v) is 9.36. The van der Waals surface area contributed by atoms with Crippen LogP contribution in [0, 0.1) is 0 Å². The molecule has 14 heteroatoms. The van der Waals surface area contributed by atoms with Crippen molar-refractivity contribution in [1.82, 2.24) is 13.8 Å². The zero-order chi connectivity index (χ0) is 27.4. The number of hydrogen-bond acceptors (Lipinski definition) is 7. The Morgan fingerprint density at radius 1 is 1.08 bits per heavy atom. The molecule has 204 valence electrons. The Labute approximate surface area is 234 Å². The number of carbonyl (C=O) groups excluding carboxylic acids is 2. The Morgan fingerprint density at radius 2 is 1.76 bits per heavy atom. The summed E-state index contributed by atoms with van der Waals surface area (Å²) < 4.78 is 40.3. The van der Waals surface area contributed by atoms with Gasteiger partial charge in [0.2, 0.25) is 10.0 Å². The lowest BCUT2D eigenvalue weighted by Crippen LogP contribution is -2.50. The van der Waals surface area contributed by atoms with E-state index in [2.05, 4.69) is 4.99 Å². The minimum atomic E-state index is -3.80. The molecular formula is C24H26Cl2N4O6S2. The second-order valence-electron chi connectivity index (χ2n) is 8.29. The molecule has 10 nitrogen and oxygen atoms in total. The van der Waals surface area contributed by atoms with Gasteiger partial charge in [-0.25, -0.2) is 13.2 Å². The summed E-state index contributed by atoms with van der Waals surface area (Å²) in [5.41, 5.74) is 0.935. The first kappa shape index (κ1) is 28.5. The molecular weight excluding hydrogens is 575 g/mol. The van der Waals surface area contributed by atoms with Crippen LogP contribution in [0.1, 0.15) is 17.3 Å². The van der Waals surface area contributed by atoms with Gasteiger partial charge in [-0.15, -0.1) is 0 Å². The molecule has 0 bridgehead atoms. The summed E-state index contributed by atoms with van der Waals surface area (Å²) in [5.74, 6) is -0.531. The number of amides is 2. The fourth-order valence-electron chi connectivity index (χ4n) is 4.00. The molecule has 0 atom stereocenters. The number of carbonyl (C=O) groups is 2. The Hall–Kier alpha value is -2.48. The first-order valence-corrected chi connectivity index (χ1v) is 14.7. The highest BCUT2D eigenvalue weighted by atomic mass is 35.5. The van der Waals surface area contributed by atoms with Crippen LogP contribution in [-0.4, -0.2) is 80.7 Å². The fourth-order valence-corrected chi connectivity index (χ4v) is 7.26. The van der Waals surface area contributed by atoms with Gasteiger partial charge < -0.3 is 18.9 Å². The number of benzene rings is 2. The average molecular weight is 602 g/mol. The molecule has 2 amide bonds. The van der Waals surface area contributed by atoms with Crippen molar-refractivity contribution in [2.45, 2.75) is 18.4 Å². The van der Waals surface area contributed by atoms with Crippen LogP contribution in [0.5, 0.6) is 0 Å². The number of piperazine rings is 1. The summed E-state index contributed by atoms with van der Waals surface area (Å²) in [6.45, 7) is 3.55. The van der Waals surface area contributed by atoms with Gasteiger partial charge in [-0.1, -0.05) is 34.5 Å². The number of ether oxygens (including phenoxy) is 2. The van der Waals surface area contributed by atoms with E-state index in [4.69, 9.17) is 32.7 Å². The minimum absolute atomic E-state index is 0.0529. The Kier molecular flexibility index (Phi) is 9.11. The van der Waals surface area contributed by atoms with E-state index < -0.39 is 22.0 Å². The van der Waals surface area contributed by atoms with E-state index in [0.717, 1.165) is 4.70 Å². The van der Waals surface area contributed by atoms with Crippen LogP contribution in [0.3, 0.4) is 0 Å². The van der Waals surface area contributed by atoms with E-state index in [1.165, 1.54) is 44.8 Å². The maximum Gasteiger partial charge on any atom is 0.409 e. The highest BCUT2D eigenvalue weighted by Crippen LogP contribution is 2.30. The maximum atomic E-state index is 13.1. The van der Waals surface area contributed by atoms with Crippen LogP contribution in [0.2, 0.25) is 10.0 Å². The van der Waals surface area contributed by atoms with Gasteiger partial charge in [0.1, 0.15) is 0 Å². The number of fused-ring (bicyclic) bond motifs is 1. The zero-order valence-electron chi connectivity index (χ0n) is 20.7. The number of methoxy groups -OCH3 is 1. The van der Waals surface area contributed by atoms with Gasteiger partial charge in [0.15, 0.2) is 4.80 Å². The molecule has 1 aliphatic heterocycles. The third kappa shape index (κ3) is 6.05. The standard InChI is InChI=1S/C24H26Cl2N4O6S2/c1-3-36-24(32)28-8-10-29(11-9-28)38(33,34)18-6-4-16(5-7-18)22(31)27-23-30(12-13-35-2)21-19(26)14-17(25)15-20(21)37-23/h4-7,14-15H,3,8-13H2,1-2H3. The predicted molar refractivity (Wildman–Crippen MR) is 145 cm³/mol. The summed E-state index contributed by atoms with van der Waals surface area (Å²) in [7, 11) is -2.22. The van der Waals surface area contributed by atoms with Crippen molar-refractivity contribution in [3.8, 4) is 0 Å². The number of sulfonamides is 1. The maximum absolute atomic E-state index is 13.1. The molecule has 0 radical (unpaired) electrons. The molecule has 0 unspecified atom stereocenters. The summed E-state index contributed by atoms with van der Waals surface area (Å²) in [4.78, 5) is 31.1. The average Bonchev–Trinajstić information content (AvgIpc) is 3.24. The van der Waals surface area contributed by atoms with Gasteiger partial charge in [-0.3, -0.25) is 4.79 Å². The molecule has 1 fully saturated rings. The SMILES string of the molecule is CCOC(=O)N1CCN(S(=O)(=O)c2ccc(C(=O)N=c3sc4cc(Cl)cc(Cl)c4n3CCOC)cc2)CC1. The van der Waals surface area contributed by atoms with E-state index in [0.29, 0.717) is 33.5 Å². The van der Waals surface area contributed by atoms with Crippen molar-refractivity contribution in [3.05, 3.63) is 56.8 Å². The molecule has 0 saturated carbocycles. The molecule has 0 aliphatic carbocycles. The molecule has 1 aliphatic rings. The Balaban J connectivity index is 1.55. The normalized spacial score (nSPS) is 15.3. The summed E-state index contributed by atoms with van der Waals surface area (Å²) in [5, 5.41) is 0.908. The molecule has 2 heterocycles. The molecule has 2 aromatic carbocycles. The monoisotopic (exact) mass is 600 g/mol. The second kappa shape index (κ2) is 12.1. The third-order valence-electron chi connectivity index (χ3n) is 5.92. The molecule has 0 spiro atoms. The van der Waals surface area contributed by atoms with E-state index in [1.807, 2.05) is 0 Å². The van der Waals surface area contributed by atoms with Gasteiger partial charge >= 0.3 is 6.09 Å². The first-order valence-electron chi connectivity index (χ1n) is 11.7. The molecule has 3 aromatic rings. The molecule has 0 N–H and O–H groups in total. The van der Waals surface area contributed by atoms with Crippen LogP contribution in [0.4, 0.5) is 4.79 Å². The van der Waals surface area contributed by atoms with Crippen LogP contribution in [0.15, 0.2) is 46.3 Å². The largest absolute Gasteiger partial charge is 0.450 e. The van der Waals surface area contributed by atoms with E-state index in [9.17, 15) is 18.0 Å². The summed E-state index contributed by atoms with van der Waals surface area (Å²) >= 11 is 13.8. The second-order valence-corrected chi connectivity index (χ2v) is 12.1. The number of hydrogen-bond donors (Lipinski definition) is 0. The van der Waals surface area contributed by atoms with Crippen LogP contribution >= 0.6 is 34.5 Å². The van der Waals surface area contributed by atoms with Crippen molar-refractivity contribution >= 4 is 66.8 Å². The van der Waals surface area contributed by atoms with Crippen LogP contribution < -0.4 is 4.80 Å². The highest BCUT2D eigenvalue weighted by Gasteiger charge is 2.30. The predicted octanol–water partition coefficient (Wildman–Crippen LogP) is 3.86. The lowest BCUT2D eigenvalue weighted by atomic mass is 10.2. The van der Waals surface area contributed by atoms with E-state index in [1.54, 1.807) is 30.7 Å². The Bertz CT molecular complexity index is 1510. The lowest BCUT2D eigenvalue weighted by molar-refractivity contribution is 0.0933. The molecule has 4 rings (SSSR count). The van der Waals surface area contributed by atoms with Gasteiger partial charge in [-0.05, 0) is 43.3 Å². The smallest absolute Gasteiger partial charge is 0.409 e. The number of halogens is 2. The first-order chi connectivity index (χ1) is 18.1. The topological polar surface area (TPSA) is 111 Å². The lowest BCUT2D eigenvalue weighted by Gasteiger charge is -2.33. The van der Waals surface area contributed by atoms with E-state index >= 15 is 0 Å². The van der Waals surface area contributed by atoms with Gasteiger partial charge in [0.25, 0.3) is 5.91 Å². The van der Waals surface area contributed by atoms with Gasteiger partial charge in [-0.2, -0.15) is 9.30 Å². The number of aromatic nitrogens is 1. The fraction of sp³-hybridized carbons (Fsp3) is 0.375. The van der Waals surface area contributed by atoms with Crippen molar-refractivity contribution in [3.63, 3.8) is 0 Å². The van der Waals surface area contributed by atoms with Gasteiger partial charge in [0.05, 0.1) is 33.3 Å². The van der Waals surface area contributed by atoms with Crippen LogP contribution in [0.25, 0.3) is 10.2 Å². The number of nitrogens with zero attached hydrogens (tertiary/aromatic N) is 4. The summed E-state index contributed by atoms with van der Waals surface area (Å²) in [6, 6.07) is 9.02. The quantitative estimate of drug-likeness (QED) is 0.407. The number of rotatable bonds is 7. The molecule has 1 saturated heterocycles. The van der Waals surface area contributed by atoms with Crippen molar-refractivity contribution in [2.24, 2.45) is 4.99 Å². The van der Waals surface area contributed by atoms with Crippen LogP contribution in [-0.2, 0) is 26.0 Å². The Morgan fingerprint density at radius 3 is 2.39 bits per heavy atom. The van der Waals surface area contributed by atoms with E-state index in [-0.39, 0.29) is 43.2 Å². The highest BCUT2D eigenvalue weighted by molar-refractivity contribution is 7.89. The zero-order valence-corrected chi connectivity index (χ0v) is 23.9. The molecule has 38 heavy (non-hydrogen) atoms. The summed E-state index contributed by atoms with van der Waals surface area (Å²) in [6.07, 6.45) is -0.455. The molecule has 1 aromatic heterocycles. The van der Waals surface area contributed by atoms with Gasteiger partial charge in [0, 0.05) is 50.4 Å². The van der Waals surface area contributed by atoms with Crippen molar-refractivity contribution in [1.29, 1.82) is 0 Å². The minimum Gasteiger partial charge on any atom is -0.450 e.